The van der Waals surface area contributed by atoms with Gasteiger partial charge in [-0.25, -0.2) is 0 Å². The van der Waals surface area contributed by atoms with Crippen LogP contribution in [0.15, 0.2) is 53.5 Å². The van der Waals surface area contributed by atoms with E-state index in [1.54, 1.807) is 20.3 Å². The van der Waals surface area contributed by atoms with Crippen LogP contribution in [-0.4, -0.2) is 90.3 Å². The van der Waals surface area contributed by atoms with Crippen LogP contribution in [0.4, 0.5) is 0 Å². The average Bonchev–Trinajstić information content (AvgIpc) is 3.76. The van der Waals surface area contributed by atoms with Gasteiger partial charge >= 0.3 is 0 Å². The molecule has 14 atom stereocenters. The van der Waals surface area contributed by atoms with E-state index < -0.39 is 18.3 Å². The molecule has 5 aliphatic carbocycles. The number of ether oxygens (including phenoxy) is 4. The van der Waals surface area contributed by atoms with Crippen LogP contribution < -0.4 is 25.3 Å². The molecule has 392 valence electrons. The predicted molar refractivity (Wildman–Crippen MR) is 281 cm³/mol. The van der Waals surface area contributed by atoms with Gasteiger partial charge in [-0.1, -0.05) is 51.8 Å². The number of fused-ring (bicyclic) bond motifs is 2. The zero-order chi connectivity index (χ0) is 50.4. The Kier molecular flexibility index (Phi) is 15.2. The molecule has 8 N–H and O–H groups in total. The lowest BCUT2D eigenvalue weighted by Gasteiger charge is -2.50. The second-order valence-electron chi connectivity index (χ2n) is 23.7. The van der Waals surface area contributed by atoms with Crippen molar-refractivity contribution in [2.45, 2.75) is 147 Å². The third-order valence-corrected chi connectivity index (χ3v) is 19.1. The maximum Gasteiger partial charge on any atom is 0.188 e. The number of rotatable bonds is 8. The number of phenols is 2. The highest BCUT2D eigenvalue weighted by Gasteiger charge is 2.49. The Morgan fingerprint density at radius 3 is 2.49 bits per heavy atom. The Bertz CT molecular complexity index is 2470. The van der Waals surface area contributed by atoms with E-state index in [4.69, 9.17) is 29.7 Å². The lowest BCUT2D eigenvalue weighted by Crippen LogP contribution is -2.53. The summed E-state index contributed by atoms with van der Waals surface area (Å²) in [5.74, 6) is 4.33. The lowest BCUT2D eigenvalue weighted by atomic mass is 9.60. The molecule has 0 radical (unpaired) electrons. The summed E-state index contributed by atoms with van der Waals surface area (Å²) in [4.78, 5) is 5.10. The fourth-order valence-electron chi connectivity index (χ4n) is 15.5. The van der Waals surface area contributed by atoms with Crippen molar-refractivity contribution in [3.05, 3.63) is 76.4 Å². The minimum atomic E-state index is -0.909. The van der Waals surface area contributed by atoms with Crippen molar-refractivity contribution in [1.29, 1.82) is 0 Å². The molecule has 13 rings (SSSR count). The third kappa shape index (κ3) is 9.83. The number of hydrogen-bond donors (Lipinski definition) is 7. The molecule has 12 nitrogen and oxygen atoms in total. The van der Waals surface area contributed by atoms with Crippen molar-refractivity contribution in [2.24, 2.45) is 69.4 Å². The first-order valence-electron chi connectivity index (χ1n) is 27.7. The number of hydrogen-bond acceptors (Lipinski definition) is 12. The van der Waals surface area contributed by atoms with Crippen LogP contribution in [0.5, 0.6) is 28.7 Å². The minimum Gasteiger partial charge on any atom is -0.508 e. The van der Waals surface area contributed by atoms with E-state index >= 15 is 0 Å². The highest BCUT2D eigenvalue weighted by Crippen LogP contribution is 2.57. The second-order valence-corrected chi connectivity index (χ2v) is 23.7. The molecule has 10 aliphatic rings. The molecule has 12 heteroatoms. The van der Waals surface area contributed by atoms with Gasteiger partial charge in [0.1, 0.15) is 29.5 Å². The van der Waals surface area contributed by atoms with Gasteiger partial charge in [0, 0.05) is 62.9 Å². The molecule has 5 aliphatic heterocycles. The highest BCUT2D eigenvalue weighted by molar-refractivity contribution is 5.84. The number of nitrogens with one attached hydrogen (secondary N) is 1. The van der Waals surface area contributed by atoms with E-state index in [0.717, 1.165) is 104 Å². The zero-order valence-corrected chi connectivity index (χ0v) is 43.5. The SMILES string of the molecule is CCC1CC2C=CC1CC(O)CC1(CCCC1CCOC)CN=C(N)NCC1CCC3CCC(CO)C1C3Oc1cc(ccc1O)C1Oc3cc(OC)c4c(c3CC1O)C2Cc1cc(O)c(CC(C)C)cc1-4. The van der Waals surface area contributed by atoms with Gasteiger partial charge in [0.25, 0.3) is 0 Å². The average molecular weight is 990 g/mol. The molecule has 12 bridgehead atoms. The van der Waals surface area contributed by atoms with Crippen LogP contribution in [0.3, 0.4) is 0 Å². The highest BCUT2D eigenvalue weighted by atomic mass is 16.5. The Labute approximate surface area is 427 Å². The monoisotopic (exact) mass is 990 g/mol. The Morgan fingerprint density at radius 2 is 1.71 bits per heavy atom. The Hall–Kier alpha value is -4.49. The molecule has 0 amide bonds. The Morgan fingerprint density at radius 1 is 0.903 bits per heavy atom. The number of nitrogens with two attached hydrogens (primary N) is 1. The number of guanidine groups is 1. The number of aromatic hydroxyl groups is 2. The number of aliphatic imine (C=N–C) groups is 1. The van der Waals surface area contributed by atoms with Gasteiger partial charge in [0.15, 0.2) is 17.5 Å². The van der Waals surface area contributed by atoms with Gasteiger partial charge in [0.2, 0.25) is 0 Å². The quantitative estimate of drug-likeness (QED) is 0.107. The van der Waals surface area contributed by atoms with Crippen LogP contribution in [0.1, 0.15) is 138 Å². The van der Waals surface area contributed by atoms with Crippen LogP contribution in [0.25, 0.3) is 11.1 Å². The van der Waals surface area contributed by atoms with Crippen LogP contribution in [-0.2, 0) is 24.0 Å². The van der Waals surface area contributed by atoms with Crippen LogP contribution >= 0.6 is 0 Å². The number of allylic oxidation sites excluding steroid dienone is 2. The molecule has 3 saturated carbocycles. The Balaban J connectivity index is 1.08. The van der Waals surface area contributed by atoms with E-state index in [9.17, 15) is 25.5 Å². The summed E-state index contributed by atoms with van der Waals surface area (Å²) >= 11 is 0. The van der Waals surface area contributed by atoms with Gasteiger partial charge < -0.3 is 55.5 Å². The lowest BCUT2D eigenvalue weighted by molar-refractivity contribution is -0.0722. The largest absolute Gasteiger partial charge is 0.508 e. The number of benzene rings is 3. The number of aliphatic hydroxyl groups is 3. The first kappa shape index (κ1) is 51.0. The molecule has 3 fully saturated rings. The summed E-state index contributed by atoms with van der Waals surface area (Å²) in [5, 5.41) is 62.0. The number of nitrogens with zero attached hydrogens (tertiary/aromatic N) is 1. The summed E-state index contributed by atoms with van der Waals surface area (Å²) in [6, 6.07) is 11.5. The van der Waals surface area contributed by atoms with Crippen molar-refractivity contribution in [1.82, 2.24) is 5.32 Å². The van der Waals surface area contributed by atoms with Crippen molar-refractivity contribution in [3.63, 3.8) is 0 Å². The van der Waals surface area contributed by atoms with E-state index in [1.165, 1.54) is 0 Å². The molecule has 0 saturated heterocycles. The van der Waals surface area contributed by atoms with Gasteiger partial charge in [-0.05, 0) is 188 Å². The maximum atomic E-state index is 12.4. The van der Waals surface area contributed by atoms with E-state index in [2.05, 4.69) is 44.3 Å². The predicted octanol–water partition coefficient (Wildman–Crippen LogP) is 9.54. The van der Waals surface area contributed by atoms with E-state index in [1.807, 2.05) is 24.3 Å². The van der Waals surface area contributed by atoms with E-state index in [0.29, 0.717) is 97.7 Å². The first-order valence-corrected chi connectivity index (χ1v) is 27.7. The summed E-state index contributed by atoms with van der Waals surface area (Å²) in [6.07, 6.45) is 15.3. The third-order valence-electron chi connectivity index (χ3n) is 19.1. The van der Waals surface area contributed by atoms with Crippen molar-refractivity contribution >= 4 is 5.96 Å². The van der Waals surface area contributed by atoms with Crippen molar-refractivity contribution < 1.29 is 44.5 Å². The van der Waals surface area contributed by atoms with Gasteiger partial charge in [-0.2, -0.15) is 0 Å². The molecule has 0 aromatic heterocycles. The zero-order valence-electron chi connectivity index (χ0n) is 43.5. The van der Waals surface area contributed by atoms with Gasteiger partial charge in [-0.15, -0.1) is 0 Å². The summed E-state index contributed by atoms with van der Waals surface area (Å²) in [7, 11) is 3.48. The topological polar surface area (TPSA) is 188 Å². The van der Waals surface area contributed by atoms with Crippen LogP contribution in [0.2, 0.25) is 0 Å². The smallest absolute Gasteiger partial charge is 0.188 e. The molecule has 1 spiro atoms. The van der Waals surface area contributed by atoms with E-state index in [-0.39, 0.29) is 65.3 Å². The van der Waals surface area contributed by atoms with Crippen molar-refractivity contribution in [2.75, 3.05) is 40.5 Å². The number of phenolic OH excluding ortho intramolecular Hbond substituents is 2. The fraction of sp³-hybridized carbons (Fsp3) is 0.650. The standard InChI is InChI=1S/C60H83N3O9/c1-6-34-21-37-12-11-36(34)22-44(65)29-60(18-7-8-43(60)17-19-69-4)32-63-59(61)62-30-39-13-9-35-10-14-40(31-64)54(39)58(35)72-52-26-38(15-16-48(52)66)57-50(68)27-47-51(71-57)28-53(70-5)56-46-24-42(20-33(2)3)49(67)25-41(46)23-45(37)55(47)56/h11-12,15-16,24-26,28,33-37,39-40,43-45,50,54,57-58,64-68H,6-10,13-14,17-23,27,29-32H2,1-5H3,(H3,61,62,63). The molecular formula is C60H83N3O9. The maximum absolute atomic E-state index is 12.4. The molecule has 5 heterocycles. The number of methoxy groups -OCH3 is 2. The summed E-state index contributed by atoms with van der Waals surface area (Å²) in [6.45, 7) is 8.47. The summed E-state index contributed by atoms with van der Waals surface area (Å²) < 4.78 is 26.0. The molecule has 14 unspecified atom stereocenters. The number of aliphatic hydroxyl groups excluding tert-OH is 3. The molecular weight excluding hydrogens is 907 g/mol. The molecule has 3 aromatic carbocycles. The second kappa shape index (κ2) is 21.4. The molecule has 72 heavy (non-hydrogen) atoms. The van der Waals surface area contributed by atoms with Gasteiger partial charge in [0.05, 0.1) is 19.3 Å². The molecule has 3 aromatic rings. The normalized spacial score (nSPS) is 34.2. The van der Waals surface area contributed by atoms with Gasteiger partial charge in [-0.3, -0.25) is 4.99 Å². The minimum absolute atomic E-state index is 0.00389. The van der Waals surface area contributed by atoms with Crippen LogP contribution in [0, 0.1) is 58.7 Å². The first-order chi connectivity index (χ1) is 34.8. The fourth-order valence-corrected chi connectivity index (χ4v) is 15.5. The van der Waals surface area contributed by atoms with Crippen molar-refractivity contribution in [3.8, 4) is 39.9 Å². The summed E-state index contributed by atoms with van der Waals surface area (Å²) in [5.41, 5.74) is 13.5.